The first-order valence-corrected chi connectivity index (χ1v) is 7.76. The molecule has 1 aromatic heterocycles. The quantitative estimate of drug-likeness (QED) is 0.731. The van der Waals surface area contributed by atoms with Gasteiger partial charge in [-0.05, 0) is 54.9 Å². The van der Waals surface area contributed by atoms with Gasteiger partial charge in [0.05, 0.1) is 21.4 Å². The van der Waals surface area contributed by atoms with E-state index in [1.165, 1.54) is 6.92 Å². The molecule has 0 amide bonds. The van der Waals surface area contributed by atoms with E-state index in [1.54, 1.807) is 18.2 Å². The zero-order chi connectivity index (χ0) is 15.6. The third-order valence-electron chi connectivity index (χ3n) is 3.14. The van der Waals surface area contributed by atoms with Gasteiger partial charge in [0, 0.05) is 11.6 Å². The van der Waals surface area contributed by atoms with E-state index in [0.717, 1.165) is 22.4 Å². The largest absolute Gasteiger partial charge is 0.487 e. The number of Topliss-reactive ketones (excluding diaryl/α,β-unsaturated/α-hetero) is 1. The number of hydrogen-bond donors (Lipinski definition) is 0. The van der Waals surface area contributed by atoms with Gasteiger partial charge in [-0.1, -0.05) is 11.6 Å². The topological polar surface area (TPSA) is 44.1 Å². The van der Waals surface area contributed by atoms with Gasteiger partial charge in [-0.15, -0.1) is 0 Å². The van der Waals surface area contributed by atoms with Crippen LogP contribution in [0.25, 0.3) is 0 Å². The van der Waals surface area contributed by atoms with Gasteiger partial charge in [-0.25, -0.2) is 0 Å². The molecule has 0 bridgehead atoms. The van der Waals surface area contributed by atoms with Crippen molar-refractivity contribution in [2.45, 2.75) is 33.9 Å². The zero-order valence-electron chi connectivity index (χ0n) is 12.1. The maximum absolute atomic E-state index is 11.7. The number of carbonyl (C=O) groups excluding carboxylic acids is 1. The summed E-state index contributed by atoms with van der Waals surface area (Å²) in [5.74, 6) is 0.451. The fourth-order valence-electron chi connectivity index (χ4n) is 2.06. The molecule has 112 valence electrons. The Kier molecular flexibility index (Phi) is 5.06. The Labute approximate surface area is 137 Å². The summed E-state index contributed by atoms with van der Waals surface area (Å²) in [7, 11) is 0. The number of aromatic nitrogens is 2. The Morgan fingerprint density at radius 3 is 2.81 bits per heavy atom. The number of hydrogen-bond acceptors (Lipinski definition) is 3. The molecule has 0 saturated carbocycles. The van der Waals surface area contributed by atoms with Crippen LogP contribution in [0.3, 0.4) is 0 Å². The minimum Gasteiger partial charge on any atom is -0.487 e. The van der Waals surface area contributed by atoms with E-state index in [9.17, 15) is 4.79 Å². The lowest BCUT2D eigenvalue weighted by molar-refractivity contribution is 0.101. The van der Waals surface area contributed by atoms with E-state index in [4.69, 9.17) is 16.3 Å². The van der Waals surface area contributed by atoms with Crippen molar-refractivity contribution in [3.05, 3.63) is 44.6 Å². The van der Waals surface area contributed by atoms with Crippen LogP contribution in [-0.2, 0) is 13.2 Å². The van der Waals surface area contributed by atoms with Crippen LogP contribution in [0.5, 0.6) is 5.75 Å². The van der Waals surface area contributed by atoms with Crippen LogP contribution in [0.4, 0.5) is 0 Å². The van der Waals surface area contributed by atoms with E-state index in [1.807, 2.05) is 18.5 Å². The van der Waals surface area contributed by atoms with Crippen LogP contribution in [0, 0.1) is 6.92 Å². The molecule has 0 unspecified atom stereocenters. The number of ketones is 1. The van der Waals surface area contributed by atoms with Crippen LogP contribution in [0.2, 0.25) is 5.02 Å². The molecule has 0 atom stereocenters. The maximum atomic E-state index is 11.7. The molecule has 0 aliphatic heterocycles. The fraction of sp³-hybridized carbons (Fsp3) is 0.333. The summed E-state index contributed by atoms with van der Waals surface area (Å²) in [4.78, 5) is 11.7. The van der Waals surface area contributed by atoms with Gasteiger partial charge in [0.1, 0.15) is 12.4 Å². The first-order valence-electron chi connectivity index (χ1n) is 6.59. The SMILES string of the molecule is CCn1nc(C)c(Br)c1COc1ccc(Cl)cc1C(C)=O. The highest BCUT2D eigenvalue weighted by molar-refractivity contribution is 9.10. The molecule has 2 rings (SSSR count). The normalized spacial score (nSPS) is 10.7. The monoisotopic (exact) mass is 370 g/mol. The van der Waals surface area contributed by atoms with Gasteiger partial charge < -0.3 is 4.74 Å². The molecule has 1 heterocycles. The lowest BCUT2D eigenvalue weighted by atomic mass is 10.1. The molecule has 21 heavy (non-hydrogen) atoms. The average molecular weight is 372 g/mol. The summed E-state index contributed by atoms with van der Waals surface area (Å²) in [6.07, 6.45) is 0. The second-order valence-corrected chi connectivity index (χ2v) is 5.88. The predicted octanol–water partition coefficient (Wildman–Crippen LogP) is 4.41. The minimum absolute atomic E-state index is 0.0771. The van der Waals surface area contributed by atoms with Crippen molar-refractivity contribution in [2.75, 3.05) is 0 Å². The molecular weight excluding hydrogens is 356 g/mol. The average Bonchev–Trinajstić information content (AvgIpc) is 2.72. The van der Waals surface area contributed by atoms with Crippen molar-refractivity contribution in [3.8, 4) is 5.75 Å². The second-order valence-electron chi connectivity index (χ2n) is 4.65. The van der Waals surface area contributed by atoms with Crippen molar-refractivity contribution >= 4 is 33.3 Å². The number of benzene rings is 1. The summed E-state index contributed by atoms with van der Waals surface area (Å²) >= 11 is 9.45. The molecule has 6 heteroatoms. The second kappa shape index (κ2) is 6.62. The molecule has 0 fully saturated rings. The Morgan fingerprint density at radius 1 is 1.48 bits per heavy atom. The molecule has 0 spiro atoms. The van der Waals surface area contributed by atoms with Crippen LogP contribution in [0.15, 0.2) is 22.7 Å². The van der Waals surface area contributed by atoms with E-state index in [0.29, 0.717) is 22.9 Å². The van der Waals surface area contributed by atoms with Crippen molar-refractivity contribution in [2.24, 2.45) is 0 Å². The van der Waals surface area contributed by atoms with E-state index in [2.05, 4.69) is 21.0 Å². The minimum atomic E-state index is -0.0771. The maximum Gasteiger partial charge on any atom is 0.163 e. The lowest BCUT2D eigenvalue weighted by Gasteiger charge is -2.11. The molecule has 0 aliphatic carbocycles. The Hall–Kier alpha value is -1.33. The molecule has 0 N–H and O–H groups in total. The number of aryl methyl sites for hydroxylation is 2. The van der Waals surface area contributed by atoms with Gasteiger partial charge >= 0.3 is 0 Å². The Morgan fingerprint density at radius 2 is 2.19 bits per heavy atom. The summed E-state index contributed by atoms with van der Waals surface area (Å²) in [6, 6.07) is 5.05. The molecular formula is C15H16BrClN2O2. The number of ether oxygens (including phenoxy) is 1. The van der Waals surface area contributed by atoms with Gasteiger partial charge in [0.25, 0.3) is 0 Å². The number of rotatable bonds is 5. The van der Waals surface area contributed by atoms with Gasteiger partial charge in [-0.2, -0.15) is 5.10 Å². The van der Waals surface area contributed by atoms with Crippen molar-refractivity contribution in [3.63, 3.8) is 0 Å². The first kappa shape index (κ1) is 16.0. The molecule has 0 saturated heterocycles. The number of halogens is 2. The third-order valence-corrected chi connectivity index (χ3v) is 4.40. The highest BCUT2D eigenvalue weighted by atomic mass is 79.9. The van der Waals surface area contributed by atoms with E-state index >= 15 is 0 Å². The number of nitrogens with zero attached hydrogens (tertiary/aromatic N) is 2. The van der Waals surface area contributed by atoms with Gasteiger partial charge in [-0.3, -0.25) is 9.48 Å². The van der Waals surface area contributed by atoms with Gasteiger partial charge in [0.2, 0.25) is 0 Å². The van der Waals surface area contributed by atoms with Crippen molar-refractivity contribution in [1.29, 1.82) is 0 Å². The number of carbonyl (C=O) groups is 1. The summed E-state index contributed by atoms with van der Waals surface area (Å²) in [5, 5.41) is 4.93. The van der Waals surface area contributed by atoms with Crippen molar-refractivity contribution < 1.29 is 9.53 Å². The Bertz CT molecular complexity index is 683. The van der Waals surface area contributed by atoms with Gasteiger partial charge in [0.15, 0.2) is 5.78 Å². The smallest absolute Gasteiger partial charge is 0.163 e. The highest BCUT2D eigenvalue weighted by Crippen LogP contribution is 2.26. The summed E-state index contributed by atoms with van der Waals surface area (Å²) in [5.41, 5.74) is 2.34. The summed E-state index contributed by atoms with van der Waals surface area (Å²) < 4.78 is 8.62. The fourth-order valence-corrected chi connectivity index (χ4v) is 2.63. The van der Waals surface area contributed by atoms with Crippen LogP contribution in [0.1, 0.15) is 35.6 Å². The van der Waals surface area contributed by atoms with E-state index in [-0.39, 0.29) is 5.78 Å². The molecule has 0 aliphatic rings. The first-order chi connectivity index (χ1) is 9.93. The van der Waals surface area contributed by atoms with Crippen LogP contribution >= 0.6 is 27.5 Å². The predicted molar refractivity (Wildman–Crippen MR) is 86.1 cm³/mol. The molecule has 0 radical (unpaired) electrons. The van der Waals surface area contributed by atoms with Crippen LogP contribution < -0.4 is 4.74 Å². The van der Waals surface area contributed by atoms with E-state index < -0.39 is 0 Å². The molecule has 4 nitrogen and oxygen atoms in total. The Balaban J connectivity index is 2.27. The molecule has 1 aromatic carbocycles. The van der Waals surface area contributed by atoms with Crippen LogP contribution in [-0.4, -0.2) is 15.6 Å². The van der Waals surface area contributed by atoms with Crippen molar-refractivity contribution in [1.82, 2.24) is 9.78 Å². The zero-order valence-corrected chi connectivity index (χ0v) is 14.5. The standard InChI is InChI=1S/C15H16BrClN2O2/c1-4-19-13(15(16)9(2)18-19)8-21-14-6-5-11(17)7-12(14)10(3)20/h5-7H,4,8H2,1-3H3. The third kappa shape index (κ3) is 3.47. The highest BCUT2D eigenvalue weighted by Gasteiger charge is 2.15. The lowest BCUT2D eigenvalue weighted by Crippen LogP contribution is -2.08. The summed E-state index contributed by atoms with van der Waals surface area (Å²) in [6.45, 7) is 6.53. The molecule has 2 aromatic rings.